The van der Waals surface area contributed by atoms with E-state index in [0.717, 1.165) is 23.9 Å². The van der Waals surface area contributed by atoms with E-state index < -0.39 is 12.7 Å². The fourth-order valence-corrected chi connectivity index (χ4v) is 2.37. The zero-order valence-corrected chi connectivity index (χ0v) is 11.9. The SMILES string of the molecule is CCCNCc1cn(CC(F)(F)F)c2cc(Cl)ccc12. The van der Waals surface area contributed by atoms with E-state index in [1.54, 1.807) is 24.4 Å². The Kier molecular flexibility index (Phi) is 4.60. The maximum Gasteiger partial charge on any atom is 0.406 e. The third-order valence-electron chi connectivity index (χ3n) is 3.02. The second-order valence-corrected chi connectivity index (χ2v) is 5.17. The summed E-state index contributed by atoms with van der Waals surface area (Å²) in [5.41, 5.74) is 1.37. The van der Waals surface area contributed by atoms with E-state index in [2.05, 4.69) is 5.32 Å². The van der Waals surface area contributed by atoms with Crippen molar-refractivity contribution in [2.75, 3.05) is 6.54 Å². The monoisotopic (exact) mass is 304 g/mol. The molecule has 0 aliphatic rings. The highest BCUT2D eigenvalue weighted by Gasteiger charge is 2.28. The van der Waals surface area contributed by atoms with Crippen LogP contribution in [0.2, 0.25) is 5.02 Å². The fourth-order valence-electron chi connectivity index (χ4n) is 2.21. The molecule has 0 amide bonds. The second-order valence-electron chi connectivity index (χ2n) is 4.74. The van der Waals surface area contributed by atoms with Gasteiger partial charge in [0.2, 0.25) is 0 Å². The molecule has 0 aliphatic heterocycles. The van der Waals surface area contributed by atoms with Crippen molar-refractivity contribution in [3.05, 3.63) is 35.0 Å². The van der Waals surface area contributed by atoms with Gasteiger partial charge in [0.25, 0.3) is 0 Å². The number of rotatable bonds is 5. The lowest BCUT2D eigenvalue weighted by atomic mass is 10.2. The number of alkyl halides is 3. The molecule has 0 unspecified atom stereocenters. The van der Waals surface area contributed by atoms with Crippen LogP contribution in [0.1, 0.15) is 18.9 Å². The maximum absolute atomic E-state index is 12.6. The molecule has 2 rings (SSSR count). The van der Waals surface area contributed by atoms with Gasteiger partial charge < -0.3 is 9.88 Å². The first-order valence-electron chi connectivity index (χ1n) is 6.45. The van der Waals surface area contributed by atoms with E-state index in [0.29, 0.717) is 17.1 Å². The standard InChI is InChI=1S/C14H16ClF3N2/c1-2-5-19-7-10-8-20(9-14(16,17)18)13-6-11(15)3-4-12(10)13/h3-4,6,8,19H,2,5,7,9H2,1H3. The van der Waals surface area contributed by atoms with Crippen molar-refractivity contribution in [2.45, 2.75) is 32.6 Å². The van der Waals surface area contributed by atoms with E-state index in [-0.39, 0.29) is 0 Å². The quantitative estimate of drug-likeness (QED) is 0.812. The molecule has 2 nitrogen and oxygen atoms in total. The van der Waals surface area contributed by atoms with Crippen LogP contribution in [0.4, 0.5) is 13.2 Å². The Balaban J connectivity index is 2.38. The van der Waals surface area contributed by atoms with Crippen LogP contribution in [0.3, 0.4) is 0 Å². The molecule has 0 saturated heterocycles. The zero-order chi connectivity index (χ0) is 14.8. The van der Waals surface area contributed by atoms with Crippen molar-refractivity contribution >= 4 is 22.5 Å². The van der Waals surface area contributed by atoms with E-state index in [9.17, 15) is 13.2 Å². The van der Waals surface area contributed by atoms with E-state index in [1.165, 1.54) is 4.57 Å². The number of aromatic nitrogens is 1. The molecule has 0 atom stereocenters. The number of fused-ring (bicyclic) bond motifs is 1. The molecule has 20 heavy (non-hydrogen) atoms. The van der Waals surface area contributed by atoms with Crippen LogP contribution >= 0.6 is 11.6 Å². The normalized spacial score (nSPS) is 12.2. The van der Waals surface area contributed by atoms with Gasteiger partial charge in [-0.3, -0.25) is 0 Å². The number of hydrogen-bond acceptors (Lipinski definition) is 1. The van der Waals surface area contributed by atoms with Gasteiger partial charge in [0.05, 0.1) is 5.52 Å². The molecule has 0 saturated carbocycles. The highest BCUT2D eigenvalue weighted by atomic mass is 35.5. The second kappa shape index (κ2) is 6.06. The largest absolute Gasteiger partial charge is 0.406 e. The van der Waals surface area contributed by atoms with Crippen molar-refractivity contribution in [3.8, 4) is 0 Å². The molecule has 0 radical (unpaired) electrons. The Bertz CT molecular complexity index is 590. The highest BCUT2D eigenvalue weighted by Crippen LogP contribution is 2.28. The van der Waals surface area contributed by atoms with Crippen molar-refractivity contribution < 1.29 is 13.2 Å². The van der Waals surface area contributed by atoms with Crippen LogP contribution in [-0.4, -0.2) is 17.3 Å². The van der Waals surface area contributed by atoms with Crippen LogP contribution in [0.5, 0.6) is 0 Å². The Hall–Kier alpha value is -1.20. The summed E-state index contributed by atoms with van der Waals surface area (Å²) in [4.78, 5) is 0. The number of nitrogens with zero attached hydrogens (tertiary/aromatic N) is 1. The van der Waals surface area contributed by atoms with Gasteiger partial charge in [0.1, 0.15) is 6.54 Å². The Morgan fingerprint density at radius 1 is 1.30 bits per heavy atom. The van der Waals surface area contributed by atoms with Gasteiger partial charge in [-0.25, -0.2) is 0 Å². The molecular weight excluding hydrogens is 289 g/mol. The van der Waals surface area contributed by atoms with E-state index in [1.807, 2.05) is 6.92 Å². The van der Waals surface area contributed by atoms with E-state index >= 15 is 0 Å². The first-order valence-corrected chi connectivity index (χ1v) is 6.83. The molecular formula is C14H16ClF3N2. The third-order valence-corrected chi connectivity index (χ3v) is 3.25. The maximum atomic E-state index is 12.6. The predicted molar refractivity (Wildman–Crippen MR) is 75.0 cm³/mol. The smallest absolute Gasteiger partial charge is 0.338 e. The molecule has 1 heterocycles. The average Bonchev–Trinajstić information content (AvgIpc) is 2.65. The van der Waals surface area contributed by atoms with Gasteiger partial charge in [0.15, 0.2) is 0 Å². The summed E-state index contributed by atoms with van der Waals surface area (Å²) in [5, 5.41) is 4.45. The molecule has 6 heteroatoms. The lowest BCUT2D eigenvalue weighted by molar-refractivity contribution is -0.139. The molecule has 0 bridgehead atoms. The number of nitrogens with one attached hydrogen (secondary N) is 1. The topological polar surface area (TPSA) is 17.0 Å². The first kappa shape index (κ1) is 15.2. The predicted octanol–water partition coefficient (Wildman–Crippen LogP) is 4.36. The number of benzene rings is 1. The minimum absolute atomic E-state index is 0.437. The third kappa shape index (κ3) is 3.67. The molecule has 1 N–H and O–H groups in total. The molecule has 2 aromatic rings. The first-order chi connectivity index (χ1) is 9.40. The number of halogens is 4. The van der Waals surface area contributed by atoms with Crippen molar-refractivity contribution in [3.63, 3.8) is 0 Å². The van der Waals surface area contributed by atoms with Gasteiger partial charge >= 0.3 is 6.18 Å². The van der Waals surface area contributed by atoms with Crippen LogP contribution in [-0.2, 0) is 13.1 Å². The minimum Gasteiger partial charge on any atom is -0.338 e. The Morgan fingerprint density at radius 2 is 2.05 bits per heavy atom. The zero-order valence-electron chi connectivity index (χ0n) is 11.1. The summed E-state index contributed by atoms with van der Waals surface area (Å²) < 4.78 is 39.1. The summed E-state index contributed by atoms with van der Waals surface area (Å²) >= 11 is 5.89. The molecule has 0 fully saturated rings. The lowest BCUT2D eigenvalue weighted by Gasteiger charge is -2.08. The lowest BCUT2D eigenvalue weighted by Crippen LogP contribution is -2.17. The van der Waals surface area contributed by atoms with Gasteiger partial charge in [-0.1, -0.05) is 24.6 Å². The minimum atomic E-state index is -4.25. The van der Waals surface area contributed by atoms with Gasteiger partial charge in [-0.15, -0.1) is 0 Å². The molecule has 1 aromatic heterocycles. The van der Waals surface area contributed by atoms with Crippen molar-refractivity contribution in [1.82, 2.24) is 9.88 Å². The summed E-state index contributed by atoms with van der Waals surface area (Å²) in [5.74, 6) is 0. The van der Waals surface area contributed by atoms with E-state index in [4.69, 9.17) is 11.6 Å². The summed E-state index contributed by atoms with van der Waals surface area (Å²) in [6.07, 6.45) is -1.72. The van der Waals surface area contributed by atoms with Crippen molar-refractivity contribution in [1.29, 1.82) is 0 Å². The molecule has 0 spiro atoms. The van der Waals surface area contributed by atoms with Crippen LogP contribution < -0.4 is 5.32 Å². The average molecular weight is 305 g/mol. The summed E-state index contributed by atoms with van der Waals surface area (Å²) in [6.45, 7) is 2.42. The van der Waals surface area contributed by atoms with Crippen LogP contribution in [0.15, 0.2) is 24.4 Å². The van der Waals surface area contributed by atoms with Crippen LogP contribution in [0.25, 0.3) is 10.9 Å². The van der Waals surface area contributed by atoms with Crippen molar-refractivity contribution in [2.24, 2.45) is 0 Å². The van der Waals surface area contributed by atoms with Gasteiger partial charge in [-0.05, 0) is 30.7 Å². The Morgan fingerprint density at radius 3 is 2.70 bits per heavy atom. The van der Waals surface area contributed by atoms with Gasteiger partial charge in [0, 0.05) is 23.2 Å². The van der Waals surface area contributed by atoms with Crippen LogP contribution in [0, 0.1) is 0 Å². The highest BCUT2D eigenvalue weighted by molar-refractivity contribution is 6.31. The molecule has 1 aromatic carbocycles. The fraction of sp³-hybridized carbons (Fsp3) is 0.429. The number of hydrogen-bond donors (Lipinski definition) is 1. The molecule has 0 aliphatic carbocycles. The molecule has 110 valence electrons. The van der Waals surface area contributed by atoms with Gasteiger partial charge in [-0.2, -0.15) is 13.2 Å². The summed E-state index contributed by atoms with van der Waals surface area (Å²) in [7, 11) is 0. The Labute approximate surface area is 120 Å². The summed E-state index contributed by atoms with van der Waals surface area (Å²) in [6, 6.07) is 5.05.